The van der Waals surface area contributed by atoms with Crippen LogP contribution in [0.4, 0.5) is 0 Å². The summed E-state index contributed by atoms with van der Waals surface area (Å²) < 4.78 is 0. The first-order chi connectivity index (χ1) is 11.0. The van der Waals surface area contributed by atoms with Gasteiger partial charge in [-0.25, -0.2) is 4.79 Å². The maximum Gasteiger partial charge on any atom is 0.339 e. The molecule has 5 nitrogen and oxygen atoms in total. The summed E-state index contributed by atoms with van der Waals surface area (Å²) in [5.41, 5.74) is 2.09. The van der Waals surface area contributed by atoms with E-state index in [1.165, 1.54) is 11.6 Å². The zero-order chi connectivity index (χ0) is 16.8. The average Bonchev–Trinajstić information content (AvgIpc) is 2.99. The predicted molar refractivity (Wildman–Crippen MR) is 92.1 cm³/mol. The number of aromatic carboxylic acids is 1. The van der Waals surface area contributed by atoms with Gasteiger partial charge in [0.25, 0.3) is 0 Å². The molecule has 0 saturated heterocycles. The Morgan fingerprint density at radius 3 is 2.48 bits per heavy atom. The zero-order valence-electron chi connectivity index (χ0n) is 13.4. The van der Waals surface area contributed by atoms with Gasteiger partial charge in [-0.3, -0.25) is 4.90 Å². The lowest BCUT2D eigenvalue weighted by molar-refractivity contribution is 0.0693. The van der Waals surface area contributed by atoms with Crippen molar-refractivity contribution in [3.63, 3.8) is 0 Å². The van der Waals surface area contributed by atoms with Gasteiger partial charge in [0.1, 0.15) is 11.3 Å². The normalized spacial score (nSPS) is 11.3. The molecule has 0 aliphatic rings. The highest BCUT2D eigenvalue weighted by Gasteiger charge is 2.13. The van der Waals surface area contributed by atoms with E-state index in [9.17, 15) is 9.90 Å². The molecule has 0 aliphatic carbocycles. The molecule has 2 aromatic rings. The summed E-state index contributed by atoms with van der Waals surface area (Å²) in [5, 5.41) is 22.9. The Hall–Kier alpha value is -1.89. The first-order valence-corrected chi connectivity index (χ1v) is 8.33. The van der Waals surface area contributed by atoms with E-state index in [0.717, 1.165) is 25.2 Å². The average molecular weight is 334 g/mol. The Morgan fingerprint density at radius 1 is 1.13 bits per heavy atom. The molecule has 0 saturated carbocycles. The number of phenols is 1. The molecule has 1 aromatic carbocycles. The number of benzene rings is 1. The molecule has 0 bridgehead atoms. The standard InChI is InChI=1S/C17H22N2O3S/c1-18(2)6-7-19(11-14-5-8-23-12-14)10-13-3-4-16(20)15(9-13)17(21)22/h3-5,8-9,12,20H,6-7,10-11H2,1-2H3,(H,21,22). The molecule has 0 unspecified atom stereocenters. The van der Waals surface area contributed by atoms with Crippen molar-refractivity contribution in [2.24, 2.45) is 0 Å². The van der Waals surface area contributed by atoms with Gasteiger partial charge in [0.05, 0.1) is 0 Å². The van der Waals surface area contributed by atoms with Crippen molar-refractivity contribution in [3.8, 4) is 5.75 Å². The van der Waals surface area contributed by atoms with Gasteiger partial charge in [-0.2, -0.15) is 11.3 Å². The van der Waals surface area contributed by atoms with Crippen molar-refractivity contribution >= 4 is 17.3 Å². The number of carboxylic acid groups (broad SMARTS) is 1. The molecule has 0 aliphatic heterocycles. The van der Waals surface area contributed by atoms with Gasteiger partial charge >= 0.3 is 5.97 Å². The highest BCUT2D eigenvalue weighted by Crippen LogP contribution is 2.20. The Morgan fingerprint density at radius 2 is 1.87 bits per heavy atom. The van der Waals surface area contributed by atoms with E-state index in [4.69, 9.17) is 5.11 Å². The Balaban J connectivity index is 2.12. The second kappa shape index (κ2) is 8.10. The zero-order valence-corrected chi connectivity index (χ0v) is 14.2. The highest BCUT2D eigenvalue weighted by atomic mass is 32.1. The van der Waals surface area contributed by atoms with Gasteiger partial charge in [0.15, 0.2) is 0 Å². The van der Waals surface area contributed by atoms with Crippen LogP contribution in [0.25, 0.3) is 0 Å². The SMILES string of the molecule is CN(C)CCN(Cc1ccsc1)Cc1ccc(O)c(C(=O)O)c1. The summed E-state index contributed by atoms with van der Waals surface area (Å²) in [5.74, 6) is -1.30. The van der Waals surface area contributed by atoms with Crippen molar-refractivity contribution in [3.05, 3.63) is 51.7 Å². The number of hydrogen-bond acceptors (Lipinski definition) is 5. The predicted octanol–water partition coefficient (Wildman–Crippen LogP) is 2.72. The van der Waals surface area contributed by atoms with E-state index in [0.29, 0.717) is 6.54 Å². The maximum atomic E-state index is 11.2. The van der Waals surface area contributed by atoms with Gasteiger partial charge in [0, 0.05) is 26.2 Å². The fraction of sp³-hybridized carbons (Fsp3) is 0.353. The maximum absolute atomic E-state index is 11.2. The minimum Gasteiger partial charge on any atom is -0.507 e. The summed E-state index contributed by atoms with van der Waals surface area (Å²) in [6, 6.07) is 6.88. The van der Waals surface area contributed by atoms with Crippen LogP contribution in [0.3, 0.4) is 0 Å². The topological polar surface area (TPSA) is 64.0 Å². The fourth-order valence-electron chi connectivity index (χ4n) is 2.31. The van der Waals surface area contributed by atoms with Crippen molar-refractivity contribution in [2.45, 2.75) is 13.1 Å². The van der Waals surface area contributed by atoms with E-state index < -0.39 is 5.97 Å². The minimum absolute atomic E-state index is 0.0504. The molecule has 0 radical (unpaired) electrons. The lowest BCUT2D eigenvalue weighted by atomic mass is 10.1. The number of rotatable bonds is 8. The molecule has 1 heterocycles. The molecule has 23 heavy (non-hydrogen) atoms. The molecule has 0 spiro atoms. The van der Waals surface area contributed by atoms with Crippen LogP contribution in [0, 0.1) is 0 Å². The van der Waals surface area contributed by atoms with Gasteiger partial charge in [-0.15, -0.1) is 0 Å². The summed E-state index contributed by atoms with van der Waals surface area (Å²) in [6.45, 7) is 3.27. The van der Waals surface area contributed by atoms with E-state index in [1.54, 1.807) is 23.5 Å². The lowest BCUT2D eigenvalue weighted by Crippen LogP contribution is -2.31. The molecule has 6 heteroatoms. The van der Waals surface area contributed by atoms with Crippen LogP contribution in [-0.4, -0.2) is 53.2 Å². The van der Waals surface area contributed by atoms with Crippen LogP contribution in [0.15, 0.2) is 35.0 Å². The van der Waals surface area contributed by atoms with E-state index >= 15 is 0 Å². The van der Waals surface area contributed by atoms with Gasteiger partial charge in [0.2, 0.25) is 0 Å². The molecule has 1 aromatic heterocycles. The van der Waals surface area contributed by atoms with Crippen molar-refractivity contribution in [1.82, 2.24) is 9.80 Å². The molecule has 0 fully saturated rings. The summed E-state index contributed by atoms with van der Waals surface area (Å²) >= 11 is 1.67. The van der Waals surface area contributed by atoms with Crippen LogP contribution in [-0.2, 0) is 13.1 Å². The third-order valence-corrected chi connectivity index (χ3v) is 4.28. The van der Waals surface area contributed by atoms with Crippen LogP contribution in [0.2, 0.25) is 0 Å². The molecule has 0 atom stereocenters. The number of nitrogens with zero attached hydrogens (tertiary/aromatic N) is 2. The first-order valence-electron chi connectivity index (χ1n) is 7.39. The number of hydrogen-bond donors (Lipinski definition) is 2. The smallest absolute Gasteiger partial charge is 0.339 e. The van der Waals surface area contributed by atoms with E-state index in [2.05, 4.69) is 26.6 Å². The lowest BCUT2D eigenvalue weighted by Gasteiger charge is -2.24. The number of thiophene rings is 1. The highest BCUT2D eigenvalue weighted by molar-refractivity contribution is 7.07. The Bertz CT molecular complexity index is 641. The summed E-state index contributed by atoms with van der Waals surface area (Å²) in [4.78, 5) is 15.6. The first kappa shape index (κ1) is 17.5. The van der Waals surface area contributed by atoms with Crippen molar-refractivity contribution in [2.75, 3.05) is 27.2 Å². The van der Waals surface area contributed by atoms with Crippen molar-refractivity contribution < 1.29 is 15.0 Å². The molecular weight excluding hydrogens is 312 g/mol. The quantitative estimate of drug-likeness (QED) is 0.777. The van der Waals surface area contributed by atoms with Crippen LogP contribution >= 0.6 is 11.3 Å². The Kier molecular flexibility index (Phi) is 6.15. The van der Waals surface area contributed by atoms with Crippen LogP contribution < -0.4 is 0 Å². The molecule has 124 valence electrons. The minimum atomic E-state index is -1.11. The molecule has 0 amide bonds. The molecular formula is C17H22N2O3S. The van der Waals surface area contributed by atoms with Gasteiger partial charge in [-0.05, 0) is 54.2 Å². The second-order valence-corrected chi connectivity index (χ2v) is 6.58. The largest absolute Gasteiger partial charge is 0.507 e. The van der Waals surface area contributed by atoms with E-state index in [1.807, 2.05) is 14.1 Å². The summed E-state index contributed by atoms with van der Waals surface area (Å²) in [7, 11) is 4.07. The molecule has 2 rings (SSSR count). The number of aromatic hydroxyl groups is 1. The van der Waals surface area contributed by atoms with Crippen molar-refractivity contribution in [1.29, 1.82) is 0 Å². The van der Waals surface area contributed by atoms with Gasteiger partial charge in [-0.1, -0.05) is 6.07 Å². The van der Waals surface area contributed by atoms with E-state index in [-0.39, 0.29) is 11.3 Å². The number of carbonyl (C=O) groups is 1. The fourth-order valence-corrected chi connectivity index (χ4v) is 2.97. The Labute approximate surface area is 140 Å². The monoisotopic (exact) mass is 334 g/mol. The second-order valence-electron chi connectivity index (χ2n) is 5.80. The molecule has 2 N–H and O–H groups in total. The summed E-state index contributed by atoms with van der Waals surface area (Å²) in [6.07, 6.45) is 0. The number of likely N-dealkylation sites (N-methyl/N-ethyl adjacent to an activating group) is 1. The van der Waals surface area contributed by atoms with Crippen LogP contribution in [0.5, 0.6) is 5.75 Å². The van der Waals surface area contributed by atoms with Gasteiger partial charge < -0.3 is 15.1 Å². The third-order valence-electron chi connectivity index (χ3n) is 3.55. The van der Waals surface area contributed by atoms with Crippen LogP contribution in [0.1, 0.15) is 21.5 Å². The number of carboxylic acids is 1. The third kappa shape index (κ3) is 5.35.